The third-order valence-electron chi connectivity index (χ3n) is 5.09. The van der Waals surface area contributed by atoms with E-state index in [2.05, 4.69) is 29.0 Å². The summed E-state index contributed by atoms with van der Waals surface area (Å²) in [6.45, 7) is 11.6. The molecular weight excluding hydrogens is 250 g/mol. The number of likely N-dealkylation sites (tertiary alicyclic amines) is 2. The number of piperidine rings is 1. The lowest BCUT2D eigenvalue weighted by atomic mass is 9.99. The van der Waals surface area contributed by atoms with Crippen molar-refractivity contribution >= 4 is 0 Å². The number of hydrogen-bond acceptors (Lipinski definition) is 4. The van der Waals surface area contributed by atoms with Gasteiger partial charge in [0.15, 0.2) is 0 Å². The molecule has 2 aliphatic heterocycles. The summed E-state index contributed by atoms with van der Waals surface area (Å²) in [5.74, 6) is 0. The third kappa shape index (κ3) is 4.42. The number of nitrogens with one attached hydrogen (secondary N) is 1. The van der Waals surface area contributed by atoms with Crippen molar-refractivity contribution in [3.63, 3.8) is 0 Å². The average Bonchev–Trinajstić information content (AvgIpc) is 2.95. The SMILES string of the molecule is CCNC(C)(CO)CCN1CCC(N2CCCCC2)C1. The van der Waals surface area contributed by atoms with Crippen LogP contribution in [0.5, 0.6) is 0 Å². The third-order valence-corrected chi connectivity index (χ3v) is 5.09. The Labute approximate surface area is 124 Å². The van der Waals surface area contributed by atoms with Crippen LogP contribution in [0, 0.1) is 0 Å². The van der Waals surface area contributed by atoms with E-state index in [0.29, 0.717) is 0 Å². The van der Waals surface area contributed by atoms with Crippen molar-refractivity contribution in [2.45, 2.75) is 57.5 Å². The summed E-state index contributed by atoms with van der Waals surface area (Å²) in [4.78, 5) is 5.30. The standard InChI is InChI=1S/C16H33N3O/c1-3-17-16(2,14-20)8-12-18-11-7-15(13-18)19-9-5-4-6-10-19/h15,17,20H,3-14H2,1-2H3. The number of nitrogens with zero attached hydrogens (tertiary/aromatic N) is 2. The molecule has 2 heterocycles. The Hall–Kier alpha value is -0.160. The fourth-order valence-electron chi connectivity index (χ4n) is 3.65. The van der Waals surface area contributed by atoms with Crippen molar-refractivity contribution in [3.05, 3.63) is 0 Å². The summed E-state index contributed by atoms with van der Waals surface area (Å²) >= 11 is 0. The van der Waals surface area contributed by atoms with E-state index < -0.39 is 0 Å². The minimum atomic E-state index is -0.113. The van der Waals surface area contributed by atoms with Crippen LogP contribution in [-0.2, 0) is 0 Å². The van der Waals surface area contributed by atoms with Crippen molar-refractivity contribution in [1.29, 1.82) is 0 Å². The number of hydrogen-bond donors (Lipinski definition) is 2. The van der Waals surface area contributed by atoms with E-state index in [1.54, 1.807) is 0 Å². The number of likely N-dealkylation sites (N-methyl/N-ethyl adjacent to an activating group) is 1. The van der Waals surface area contributed by atoms with Crippen LogP contribution in [0.4, 0.5) is 0 Å². The summed E-state index contributed by atoms with van der Waals surface area (Å²) in [6.07, 6.45) is 6.56. The first-order valence-electron chi connectivity index (χ1n) is 8.49. The van der Waals surface area contributed by atoms with Gasteiger partial charge in [0.1, 0.15) is 0 Å². The molecule has 2 aliphatic rings. The van der Waals surface area contributed by atoms with Crippen LogP contribution >= 0.6 is 0 Å². The fourth-order valence-corrected chi connectivity index (χ4v) is 3.65. The van der Waals surface area contributed by atoms with Crippen LogP contribution in [-0.4, -0.2) is 72.4 Å². The Morgan fingerprint density at radius 3 is 2.60 bits per heavy atom. The normalized spacial score (nSPS) is 28.6. The maximum atomic E-state index is 9.56. The van der Waals surface area contributed by atoms with Crippen molar-refractivity contribution in [1.82, 2.24) is 15.1 Å². The number of aliphatic hydroxyl groups excluding tert-OH is 1. The maximum absolute atomic E-state index is 9.56. The van der Waals surface area contributed by atoms with Crippen LogP contribution in [0.25, 0.3) is 0 Å². The fraction of sp³-hybridized carbons (Fsp3) is 1.00. The van der Waals surface area contributed by atoms with Crippen LogP contribution in [0.1, 0.15) is 46.0 Å². The van der Waals surface area contributed by atoms with Gasteiger partial charge in [-0.05, 0) is 58.8 Å². The van der Waals surface area contributed by atoms with E-state index in [-0.39, 0.29) is 12.1 Å². The molecule has 4 nitrogen and oxygen atoms in total. The minimum Gasteiger partial charge on any atom is -0.394 e. The van der Waals surface area contributed by atoms with Gasteiger partial charge in [0.05, 0.1) is 6.61 Å². The Balaban J connectivity index is 1.72. The highest BCUT2D eigenvalue weighted by Gasteiger charge is 2.30. The first kappa shape index (κ1) is 16.2. The summed E-state index contributed by atoms with van der Waals surface area (Å²) in [6, 6.07) is 0.787. The topological polar surface area (TPSA) is 38.7 Å². The molecule has 0 aromatic heterocycles. The van der Waals surface area contributed by atoms with Gasteiger partial charge < -0.3 is 15.3 Å². The van der Waals surface area contributed by atoms with Gasteiger partial charge in [0.25, 0.3) is 0 Å². The van der Waals surface area contributed by atoms with Crippen LogP contribution in [0.2, 0.25) is 0 Å². The van der Waals surface area contributed by atoms with Crippen molar-refractivity contribution in [2.75, 3.05) is 45.9 Å². The molecular formula is C16H33N3O. The molecule has 118 valence electrons. The van der Waals surface area contributed by atoms with E-state index in [1.165, 1.54) is 51.9 Å². The van der Waals surface area contributed by atoms with E-state index in [9.17, 15) is 5.11 Å². The molecule has 0 amide bonds. The quantitative estimate of drug-likeness (QED) is 0.739. The summed E-state index contributed by atoms with van der Waals surface area (Å²) in [5, 5.41) is 13.0. The van der Waals surface area contributed by atoms with Gasteiger partial charge in [0.2, 0.25) is 0 Å². The maximum Gasteiger partial charge on any atom is 0.0611 e. The predicted molar refractivity (Wildman–Crippen MR) is 84.1 cm³/mol. The van der Waals surface area contributed by atoms with Crippen LogP contribution in [0.3, 0.4) is 0 Å². The zero-order chi connectivity index (χ0) is 14.4. The molecule has 2 atom stereocenters. The molecule has 0 bridgehead atoms. The summed E-state index contributed by atoms with van der Waals surface area (Å²) < 4.78 is 0. The first-order valence-corrected chi connectivity index (χ1v) is 8.49. The van der Waals surface area contributed by atoms with E-state index in [1.807, 2.05) is 0 Å². The second-order valence-electron chi connectivity index (χ2n) is 6.84. The minimum absolute atomic E-state index is 0.113. The highest BCUT2D eigenvalue weighted by atomic mass is 16.3. The number of aliphatic hydroxyl groups is 1. The molecule has 0 spiro atoms. The van der Waals surface area contributed by atoms with Gasteiger partial charge in [-0.2, -0.15) is 0 Å². The van der Waals surface area contributed by atoms with Gasteiger partial charge in [-0.15, -0.1) is 0 Å². The van der Waals surface area contributed by atoms with E-state index >= 15 is 0 Å². The van der Waals surface area contributed by atoms with E-state index in [4.69, 9.17) is 0 Å². The molecule has 0 aromatic carbocycles. The smallest absolute Gasteiger partial charge is 0.0611 e. The first-order chi connectivity index (χ1) is 9.67. The molecule has 0 aliphatic carbocycles. The zero-order valence-electron chi connectivity index (χ0n) is 13.4. The molecule has 2 unspecified atom stereocenters. The molecule has 0 radical (unpaired) electrons. The summed E-state index contributed by atoms with van der Waals surface area (Å²) in [5.41, 5.74) is -0.113. The highest BCUT2D eigenvalue weighted by Crippen LogP contribution is 2.21. The highest BCUT2D eigenvalue weighted by molar-refractivity contribution is 4.88. The molecule has 0 saturated carbocycles. The van der Waals surface area contributed by atoms with E-state index in [0.717, 1.165) is 25.6 Å². The van der Waals surface area contributed by atoms with Gasteiger partial charge >= 0.3 is 0 Å². The van der Waals surface area contributed by atoms with Gasteiger partial charge in [0, 0.05) is 24.7 Å². The lowest BCUT2D eigenvalue weighted by Crippen LogP contribution is -2.48. The second kappa shape index (κ2) is 7.74. The molecule has 4 heteroatoms. The average molecular weight is 283 g/mol. The molecule has 2 saturated heterocycles. The lowest BCUT2D eigenvalue weighted by Gasteiger charge is -2.33. The lowest BCUT2D eigenvalue weighted by molar-refractivity contribution is 0.142. The second-order valence-corrected chi connectivity index (χ2v) is 6.84. The Bertz CT molecular complexity index is 281. The molecule has 2 fully saturated rings. The molecule has 0 aromatic rings. The molecule has 2 N–H and O–H groups in total. The Morgan fingerprint density at radius 1 is 1.20 bits per heavy atom. The largest absolute Gasteiger partial charge is 0.394 e. The predicted octanol–water partition coefficient (Wildman–Crippen LogP) is 1.30. The van der Waals surface area contributed by atoms with Crippen molar-refractivity contribution in [2.24, 2.45) is 0 Å². The van der Waals surface area contributed by atoms with Gasteiger partial charge in [-0.3, -0.25) is 4.90 Å². The van der Waals surface area contributed by atoms with Gasteiger partial charge in [-0.25, -0.2) is 0 Å². The number of rotatable bonds is 7. The Morgan fingerprint density at radius 2 is 1.95 bits per heavy atom. The van der Waals surface area contributed by atoms with Gasteiger partial charge in [-0.1, -0.05) is 13.3 Å². The summed E-state index contributed by atoms with van der Waals surface area (Å²) in [7, 11) is 0. The molecule has 2 rings (SSSR count). The molecule has 20 heavy (non-hydrogen) atoms. The van der Waals surface area contributed by atoms with Crippen molar-refractivity contribution < 1.29 is 5.11 Å². The van der Waals surface area contributed by atoms with Crippen molar-refractivity contribution in [3.8, 4) is 0 Å². The monoisotopic (exact) mass is 283 g/mol. The van der Waals surface area contributed by atoms with Crippen LogP contribution < -0.4 is 5.32 Å². The zero-order valence-corrected chi connectivity index (χ0v) is 13.4. The Kier molecular flexibility index (Phi) is 6.27. The van der Waals surface area contributed by atoms with Crippen LogP contribution in [0.15, 0.2) is 0 Å².